The SMILES string of the molecule is O=C(c1ccc(Cl)cc1)[C@H]1O[C@@H]1C(Cl)(Cl)Cl. The molecule has 1 fully saturated rings. The van der Waals surface area contributed by atoms with Crippen LogP contribution in [0, 0.1) is 0 Å². The number of ketones is 1. The maximum absolute atomic E-state index is 11.8. The number of alkyl halides is 3. The van der Waals surface area contributed by atoms with E-state index in [2.05, 4.69) is 0 Å². The van der Waals surface area contributed by atoms with E-state index in [1.807, 2.05) is 0 Å². The summed E-state index contributed by atoms with van der Waals surface area (Å²) in [6.45, 7) is 0. The van der Waals surface area contributed by atoms with Crippen LogP contribution in [0.5, 0.6) is 0 Å². The van der Waals surface area contributed by atoms with Crippen molar-refractivity contribution in [2.24, 2.45) is 0 Å². The average molecular weight is 300 g/mol. The molecule has 2 atom stereocenters. The zero-order valence-corrected chi connectivity index (χ0v) is 10.8. The number of benzene rings is 1. The lowest BCUT2D eigenvalue weighted by atomic mass is 10.1. The van der Waals surface area contributed by atoms with Crippen molar-refractivity contribution >= 4 is 52.2 Å². The molecular formula is C10H6Cl4O2. The summed E-state index contributed by atoms with van der Waals surface area (Å²) < 4.78 is 3.49. The Balaban J connectivity index is 2.08. The van der Waals surface area contributed by atoms with Crippen molar-refractivity contribution in [1.29, 1.82) is 0 Å². The molecule has 1 saturated heterocycles. The van der Waals surface area contributed by atoms with Gasteiger partial charge in [-0.25, -0.2) is 0 Å². The highest BCUT2D eigenvalue weighted by Gasteiger charge is 2.56. The van der Waals surface area contributed by atoms with Gasteiger partial charge < -0.3 is 4.74 Å². The Hall–Kier alpha value is 0.01000. The summed E-state index contributed by atoms with van der Waals surface area (Å²) in [5.41, 5.74) is 0.492. The standard InChI is InChI=1S/C10H6Cl4O2/c11-6-3-1-5(2-4-6)7(15)8-9(16-8)10(12,13)14/h1-4,8-9H/t8-,9+/m1/s1. The molecule has 1 aromatic rings. The molecule has 0 unspecified atom stereocenters. The molecule has 6 heteroatoms. The van der Waals surface area contributed by atoms with E-state index in [4.69, 9.17) is 51.1 Å². The molecule has 0 aromatic heterocycles. The molecule has 2 nitrogen and oxygen atoms in total. The number of Topliss-reactive ketones (excluding diaryl/α,β-unsaturated/α-hetero) is 1. The van der Waals surface area contributed by atoms with Crippen LogP contribution in [-0.4, -0.2) is 21.8 Å². The zero-order chi connectivity index (χ0) is 11.9. The minimum absolute atomic E-state index is 0.201. The Morgan fingerprint density at radius 3 is 2.19 bits per heavy atom. The molecule has 0 amide bonds. The van der Waals surface area contributed by atoms with Crippen molar-refractivity contribution in [3.8, 4) is 0 Å². The molecule has 0 N–H and O–H groups in total. The second-order valence-corrected chi connectivity index (χ2v) is 6.20. The van der Waals surface area contributed by atoms with Crippen LogP contribution in [0.1, 0.15) is 10.4 Å². The summed E-state index contributed by atoms with van der Waals surface area (Å²) in [6, 6.07) is 6.48. The fraction of sp³-hybridized carbons (Fsp3) is 0.300. The molecule has 0 spiro atoms. The van der Waals surface area contributed by atoms with Gasteiger partial charge in [0.2, 0.25) is 3.79 Å². The maximum atomic E-state index is 11.8. The molecular weight excluding hydrogens is 294 g/mol. The normalized spacial score (nSPS) is 24.2. The number of ether oxygens (including phenoxy) is 1. The van der Waals surface area contributed by atoms with Crippen LogP contribution in [0.3, 0.4) is 0 Å². The smallest absolute Gasteiger partial charge is 0.219 e. The molecule has 1 aliphatic heterocycles. The molecule has 0 aliphatic carbocycles. The Labute approximate surface area is 112 Å². The molecule has 16 heavy (non-hydrogen) atoms. The third-order valence-electron chi connectivity index (χ3n) is 2.20. The van der Waals surface area contributed by atoms with Gasteiger partial charge in [0.25, 0.3) is 0 Å². The quantitative estimate of drug-likeness (QED) is 0.474. The Bertz CT molecular complexity index is 410. The van der Waals surface area contributed by atoms with Gasteiger partial charge in [-0.05, 0) is 24.3 Å². The Morgan fingerprint density at radius 2 is 1.75 bits per heavy atom. The van der Waals surface area contributed by atoms with E-state index >= 15 is 0 Å². The Kier molecular flexibility index (Phi) is 3.39. The summed E-state index contributed by atoms with van der Waals surface area (Å²) in [5.74, 6) is -0.201. The summed E-state index contributed by atoms with van der Waals surface area (Å²) in [5, 5.41) is 0.561. The average Bonchev–Trinajstić information content (AvgIpc) is 2.96. The topological polar surface area (TPSA) is 29.6 Å². The first-order chi connectivity index (χ1) is 7.39. The summed E-state index contributed by atoms with van der Waals surface area (Å²) in [7, 11) is 0. The van der Waals surface area contributed by atoms with E-state index in [0.29, 0.717) is 10.6 Å². The number of rotatable bonds is 2. The van der Waals surface area contributed by atoms with Crippen molar-refractivity contribution in [2.75, 3.05) is 0 Å². The van der Waals surface area contributed by atoms with Gasteiger partial charge in [-0.1, -0.05) is 46.4 Å². The van der Waals surface area contributed by atoms with Gasteiger partial charge in [-0.2, -0.15) is 0 Å². The van der Waals surface area contributed by atoms with E-state index in [1.54, 1.807) is 24.3 Å². The van der Waals surface area contributed by atoms with Crippen LogP contribution in [0.4, 0.5) is 0 Å². The molecule has 0 saturated carbocycles. The number of halogens is 4. The van der Waals surface area contributed by atoms with Crippen LogP contribution in [0.25, 0.3) is 0 Å². The van der Waals surface area contributed by atoms with Crippen molar-refractivity contribution in [3.63, 3.8) is 0 Å². The van der Waals surface area contributed by atoms with Crippen LogP contribution >= 0.6 is 46.4 Å². The fourth-order valence-corrected chi connectivity index (χ4v) is 1.96. The van der Waals surface area contributed by atoms with Gasteiger partial charge in [-0.15, -0.1) is 0 Å². The summed E-state index contributed by atoms with van der Waals surface area (Å²) in [4.78, 5) is 11.8. The minimum atomic E-state index is -1.56. The van der Waals surface area contributed by atoms with E-state index in [-0.39, 0.29) is 5.78 Å². The number of carbonyl (C=O) groups excluding carboxylic acids is 1. The molecule has 2 rings (SSSR count). The first-order valence-electron chi connectivity index (χ1n) is 4.41. The van der Waals surface area contributed by atoms with Crippen molar-refractivity contribution in [1.82, 2.24) is 0 Å². The summed E-state index contributed by atoms with van der Waals surface area (Å²) >= 11 is 22.6. The van der Waals surface area contributed by atoms with Crippen molar-refractivity contribution in [3.05, 3.63) is 34.9 Å². The number of hydrogen-bond acceptors (Lipinski definition) is 2. The van der Waals surface area contributed by atoms with Crippen molar-refractivity contribution < 1.29 is 9.53 Å². The van der Waals surface area contributed by atoms with Crippen LogP contribution in [0.15, 0.2) is 24.3 Å². The summed E-state index contributed by atoms with van der Waals surface area (Å²) in [6.07, 6.45) is -1.34. The van der Waals surface area contributed by atoms with Crippen LogP contribution < -0.4 is 0 Å². The molecule has 86 valence electrons. The lowest BCUT2D eigenvalue weighted by Crippen LogP contribution is -2.19. The molecule has 0 radical (unpaired) electrons. The molecule has 1 heterocycles. The first-order valence-corrected chi connectivity index (χ1v) is 5.93. The van der Waals surface area contributed by atoms with E-state index in [0.717, 1.165) is 0 Å². The zero-order valence-electron chi connectivity index (χ0n) is 7.79. The fourth-order valence-electron chi connectivity index (χ4n) is 1.34. The van der Waals surface area contributed by atoms with Gasteiger partial charge in [0.05, 0.1) is 0 Å². The van der Waals surface area contributed by atoms with Gasteiger partial charge in [0, 0.05) is 10.6 Å². The lowest BCUT2D eigenvalue weighted by molar-refractivity contribution is 0.0953. The van der Waals surface area contributed by atoms with E-state index < -0.39 is 16.0 Å². The van der Waals surface area contributed by atoms with Gasteiger partial charge in [0.15, 0.2) is 11.9 Å². The lowest BCUT2D eigenvalue weighted by Gasteiger charge is -2.05. The van der Waals surface area contributed by atoms with Crippen molar-refractivity contribution in [2.45, 2.75) is 16.0 Å². The second kappa shape index (κ2) is 4.35. The molecule has 0 bridgehead atoms. The van der Waals surface area contributed by atoms with Gasteiger partial charge in [-0.3, -0.25) is 4.79 Å². The number of epoxide rings is 1. The number of hydrogen-bond donors (Lipinski definition) is 0. The predicted molar refractivity (Wildman–Crippen MR) is 64.7 cm³/mol. The van der Waals surface area contributed by atoms with Crippen LogP contribution in [-0.2, 0) is 4.74 Å². The maximum Gasteiger partial charge on any atom is 0.219 e. The molecule has 1 aliphatic rings. The highest BCUT2D eigenvalue weighted by Crippen LogP contribution is 2.44. The monoisotopic (exact) mass is 298 g/mol. The van der Waals surface area contributed by atoms with Gasteiger partial charge in [0.1, 0.15) is 6.10 Å². The Morgan fingerprint density at radius 1 is 1.19 bits per heavy atom. The second-order valence-electron chi connectivity index (χ2n) is 3.39. The predicted octanol–water partition coefficient (Wildman–Crippen LogP) is 3.66. The third-order valence-corrected chi connectivity index (χ3v) is 3.10. The highest BCUT2D eigenvalue weighted by molar-refractivity contribution is 6.68. The third kappa shape index (κ3) is 2.63. The first kappa shape index (κ1) is 12.5. The largest absolute Gasteiger partial charge is 0.356 e. The van der Waals surface area contributed by atoms with E-state index in [1.165, 1.54) is 0 Å². The van der Waals surface area contributed by atoms with Crippen LogP contribution in [0.2, 0.25) is 5.02 Å². The minimum Gasteiger partial charge on any atom is -0.356 e. The molecule has 1 aromatic carbocycles. The number of carbonyl (C=O) groups is 1. The van der Waals surface area contributed by atoms with Gasteiger partial charge >= 0.3 is 0 Å². The van der Waals surface area contributed by atoms with E-state index in [9.17, 15) is 4.79 Å². The highest BCUT2D eigenvalue weighted by atomic mass is 35.6.